The highest BCUT2D eigenvalue weighted by Crippen LogP contribution is 2.26. The van der Waals surface area contributed by atoms with Crippen LogP contribution >= 0.6 is 0 Å². The Hall–Kier alpha value is -2.08. The Morgan fingerprint density at radius 1 is 1.25 bits per heavy atom. The van der Waals surface area contributed by atoms with Gasteiger partial charge in [-0.1, -0.05) is 12.1 Å². The molecule has 0 saturated heterocycles. The molecule has 0 aliphatic carbocycles. The molecule has 0 fully saturated rings. The Balaban J connectivity index is 2.44. The first-order chi connectivity index (χ1) is 9.45. The van der Waals surface area contributed by atoms with Crippen LogP contribution in [0.1, 0.15) is 11.1 Å². The van der Waals surface area contributed by atoms with Crippen molar-refractivity contribution < 1.29 is 13.2 Å². The van der Waals surface area contributed by atoms with Crippen molar-refractivity contribution in [2.24, 2.45) is 0 Å². The number of rotatable bonds is 4. The number of ether oxygens (including phenoxy) is 1. The molecular formula is C14H16N2O3S. The number of nitrogen functional groups attached to an aromatic ring is 1. The van der Waals surface area contributed by atoms with Crippen molar-refractivity contribution in [1.82, 2.24) is 4.98 Å². The van der Waals surface area contributed by atoms with Gasteiger partial charge in [-0.25, -0.2) is 13.4 Å². The molecule has 0 atom stereocenters. The Labute approximate surface area is 118 Å². The van der Waals surface area contributed by atoms with E-state index < -0.39 is 9.84 Å². The number of benzene rings is 1. The summed E-state index contributed by atoms with van der Waals surface area (Å²) in [6, 6.07) is 8.24. The molecule has 5 nitrogen and oxygen atoms in total. The number of sulfone groups is 1. The van der Waals surface area contributed by atoms with Gasteiger partial charge in [0.05, 0.1) is 17.8 Å². The molecule has 0 bridgehead atoms. The summed E-state index contributed by atoms with van der Waals surface area (Å²) < 4.78 is 30.1. The van der Waals surface area contributed by atoms with Gasteiger partial charge in [-0.15, -0.1) is 0 Å². The molecule has 0 saturated carbocycles. The lowest BCUT2D eigenvalue weighted by atomic mass is 10.2. The Kier molecular flexibility index (Phi) is 3.94. The maximum absolute atomic E-state index is 12.5. The molecule has 1 aromatic heterocycles. The first kappa shape index (κ1) is 14.3. The van der Waals surface area contributed by atoms with E-state index in [2.05, 4.69) is 4.98 Å². The average Bonchev–Trinajstić information content (AvgIpc) is 2.42. The van der Waals surface area contributed by atoms with Crippen molar-refractivity contribution >= 4 is 15.5 Å². The zero-order valence-corrected chi connectivity index (χ0v) is 12.1. The Morgan fingerprint density at radius 3 is 2.70 bits per heavy atom. The highest BCUT2D eigenvalue weighted by Gasteiger charge is 2.21. The summed E-state index contributed by atoms with van der Waals surface area (Å²) in [7, 11) is -2.04. The zero-order chi connectivity index (χ0) is 14.8. The standard InChI is InChI=1S/C14H16N2O3S/c1-10-12(15)6-3-7-13(10)20(17,18)9-11-5-4-8-16-14(11)19-2/h3-8H,9,15H2,1-2H3. The minimum absolute atomic E-state index is 0.172. The molecule has 106 valence electrons. The molecule has 1 aromatic carbocycles. The van der Waals surface area contributed by atoms with Crippen molar-refractivity contribution in [2.45, 2.75) is 17.6 Å². The fraction of sp³-hybridized carbons (Fsp3) is 0.214. The number of anilines is 1. The minimum Gasteiger partial charge on any atom is -0.481 e. The van der Waals surface area contributed by atoms with Crippen molar-refractivity contribution in [2.75, 3.05) is 12.8 Å². The van der Waals surface area contributed by atoms with Gasteiger partial charge in [-0.05, 0) is 30.7 Å². The van der Waals surface area contributed by atoms with Crippen LogP contribution in [0.25, 0.3) is 0 Å². The molecule has 1 heterocycles. The van der Waals surface area contributed by atoms with Crippen LogP contribution < -0.4 is 10.5 Å². The zero-order valence-electron chi connectivity index (χ0n) is 11.3. The number of nitrogens with two attached hydrogens (primary N) is 1. The second kappa shape index (κ2) is 5.50. The predicted octanol–water partition coefficient (Wildman–Crippen LogP) is 1.95. The van der Waals surface area contributed by atoms with Crippen LogP contribution in [-0.4, -0.2) is 20.5 Å². The number of hydrogen-bond acceptors (Lipinski definition) is 5. The van der Waals surface area contributed by atoms with Crippen LogP contribution in [0.15, 0.2) is 41.4 Å². The summed E-state index contributed by atoms with van der Waals surface area (Å²) >= 11 is 0. The predicted molar refractivity (Wildman–Crippen MR) is 77.3 cm³/mol. The average molecular weight is 292 g/mol. The van der Waals surface area contributed by atoms with Gasteiger partial charge in [-0.3, -0.25) is 0 Å². The summed E-state index contributed by atoms with van der Waals surface area (Å²) in [6.07, 6.45) is 1.56. The normalized spacial score (nSPS) is 11.3. The topological polar surface area (TPSA) is 82.3 Å². The van der Waals surface area contributed by atoms with E-state index in [9.17, 15) is 8.42 Å². The van der Waals surface area contributed by atoms with Crippen LogP contribution in [0.3, 0.4) is 0 Å². The van der Waals surface area contributed by atoms with Gasteiger partial charge >= 0.3 is 0 Å². The van der Waals surface area contributed by atoms with Crippen LogP contribution in [-0.2, 0) is 15.6 Å². The van der Waals surface area contributed by atoms with E-state index in [4.69, 9.17) is 10.5 Å². The monoisotopic (exact) mass is 292 g/mol. The third-order valence-corrected chi connectivity index (χ3v) is 4.85. The van der Waals surface area contributed by atoms with Gasteiger partial charge in [-0.2, -0.15) is 0 Å². The van der Waals surface area contributed by atoms with E-state index in [1.54, 1.807) is 43.5 Å². The van der Waals surface area contributed by atoms with E-state index in [1.165, 1.54) is 7.11 Å². The van der Waals surface area contributed by atoms with Gasteiger partial charge in [0.15, 0.2) is 9.84 Å². The van der Waals surface area contributed by atoms with Crippen molar-refractivity contribution in [3.05, 3.63) is 47.7 Å². The summed E-state index contributed by atoms with van der Waals surface area (Å²) in [4.78, 5) is 4.24. The smallest absolute Gasteiger partial charge is 0.217 e. The Bertz CT molecular complexity index is 727. The van der Waals surface area contributed by atoms with Crippen LogP contribution in [0, 0.1) is 6.92 Å². The molecule has 0 unspecified atom stereocenters. The van der Waals surface area contributed by atoms with Gasteiger partial charge in [0.1, 0.15) is 0 Å². The second-order valence-corrected chi connectivity index (χ2v) is 6.36. The lowest BCUT2D eigenvalue weighted by molar-refractivity contribution is 0.394. The molecule has 2 N–H and O–H groups in total. The molecule has 0 aliphatic heterocycles. The van der Waals surface area contributed by atoms with E-state index in [0.29, 0.717) is 22.7 Å². The van der Waals surface area contributed by atoms with Crippen molar-refractivity contribution in [3.8, 4) is 5.88 Å². The molecular weight excluding hydrogens is 276 g/mol. The number of aromatic nitrogens is 1. The lowest BCUT2D eigenvalue weighted by Crippen LogP contribution is -2.09. The maximum atomic E-state index is 12.5. The molecule has 0 spiro atoms. The highest BCUT2D eigenvalue weighted by molar-refractivity contribution is 7.90. The van der Waals surface area contributed by atoms with E-state index in [-0.39, 0.29) is 10.6 Å². The van der Waals surface area contributed by atoms with E-state index in [0.717, 1.165) is 0 Å². The van der Waals surface area contributed by atoms with E-state index in [1.807, 2.05) is 0 Å². The number of pyridine rings is 1. The third-order valence-electron chi connectivity index (χ3n) is 3.05. The number of hydrogen-bond donors (Lipinski definition) is 1. The van der Waals surface area contributed by atoms with Crippen LogP contribution in [0.4, 0.5) is 5.69 Å². The van der Waals surface area contributed by atoms with Crippen LogP contribution in [0.2, 0.25) is 0 Å². The minimum atomic E-state index is -3.50. The molecule has 2 aromatic rings. The fourth-order valence-electron chi connectivity index (χ4n) is 1.97. The second-order valence-electron chi connectivity index (χ2n) is 4.40. The first-order valence-electron chi connectivity index (χ1n) is 6.01. The molecule has 20 heavy (non-hydrogen) atoms. The molecule has 6 heteroatoms. The summed E-state index contributed by atoms with van der Waals surface area (Å²) in [6.45, 7) is 1.70. The SMILES string of the molecule is COc1ncccc1CS(=O)(=O)c1cccc(N)c1C. The van der Waals surface area contributed by atoms with Gasteiger partial charge in [0.25, 0.3) is 0 Å². The quantitative estimate of drug-likeness (QED) is 0.871. The summed E-state index contributed by atoms with van der Waals surface area (Å²) in [5.74, 6) is 0.145. The third kappa shape index (κ3) is 2.75. The molecule has 0 amide bonds. The van der Waals surface area contributed by atoms with Crippen molar-refractivity contribution in [1.29, 1.82) is 0 Å². The van der Waals surface area contributed by atoms with Crippen LogP contribution in [0.5, 0.6) is 5.88 Å². The van der Waals surface area contributed by atoms with Crippen molar-refractivity contribution in [3.63, 3.8) is 0 Å². The van der Waals surface area contributed by atoms with Gasteiger partial charge in [0, 0.05) is 17.4 Å². The van der Waals surface area contributed by atoms with Gasteiger partial charge in [0.2, 0.25) is 5.88 Å². The number of nitrogens with zero attached hydrogens (tertiary/aromatic N) is 1. The maximum Gasteiger partial charge on any atom is 0.217 e. The Morgan fingerprint density at radius 2 is 2.00 bits per heavy atom. The summed E-state index contributed by atoms with van der Waals surface area (Å²) in [5, 5.41) is 0. The van der Waals surface area contributed by atoms with Gasteiger partial charge < -0.3 is 10.5 Å². The summed E-state index contributed by atoms with van der Waals surface area (Å²) in [5.41, 5.74) is 7.32. The number of methoxy groups -OCH3 is 1. The fourth-order valence-corrected chi connectivity index (χ4v) is 3.62. The largest absolute Gasteiger partial charge is 0.481 e. The highest BCUT2D eigenvalue weighted by atomic mass is 32.2. The molecule has 0 radical (unpaired) electrons. The first-order valence-corrected chi connectivity index (χ1v) is 7.66. The molecule has 0 aliphatic rings. The molecule has 2 rings (SSSR count). The van der Waals surface area contributed by atoms with E-state index >= 15 is 0 Å². The lowest BCUT2D eigenvalue weighted by Gasteiger charge is -2.11.